The first kappa shape index (κ1) is 15.1. The third-order valence-electron chi connectivity index (χ3n) is 2.12. The van der Waals surface area contributed by atoms with E-state index in [1.807, 2.05) is 0 Å². The molecule has 1 aromatic rings. The molecule has 4 N–H and O–H groups in total. The molecule has 1 heterocycles. The van der Waals surface area contributed by atoms with Gasteiger partial charge >= 0.3 is 0 Å². The summed E-state index contributed by atoms with van der Waals surface area (Å²) in [7, 11) is 1.65. The summed E-state index contributed by atoms with van der Waals surface area (Å²) in [6.45, 7) is 2.68. The molecule has 0 aromatic carbocycles. The molecular formula is C10H18BrN5O2. The lowest BCUT2D eigenvalue weighted by atomic mass is 10.4. The second-order valence-corrected chi connectivity index (χ2v) is 4.21. The number of hydrogen-bond acceptors (Lipinski definition) is 7. The molecule has 1 aromatic heterocycles. The van der Waals surface area contributed by atoms with E-state index in [1.54, 1.807) is 7.11 Å². The third kappa shape index (κ3) is 5.13. The van der Waals surface area contributed by atoms with Crippen LogP contribution in [-0.2, 0) is 9.47 Å². The maximum Gasteiger partial charge on any atom is 0.159 e. The lowest BCUT2D eigenvalue weighted by Crippen LogP contribution is -2.13. The first-order valence-electron chi connectivity index (χ1n) is 5.57. The normalized spacial score (nSPS) is 10.4. The van der Waals surface area contributed by atoms with E-state index in [1.165, 1.54) is 6.33 Å². The smallest absolute Gasteiger partial charge is 0.159 e. The Morgan fingerprint density at radius 3 is 2.78 bits per heavy atom. The second-order valence-electron chi connectivity index (χ2n) is 3.41. The highest BCUT2D eigenvalue weighted by Gasteiger charge is 2.06. The summed E-state index contributed by atoms with van der Waals surface area (Å²) in [6.07, 6.45) is 2.32. The molecule has 1 rings (SSSR count). The molecule has 0 saturated heterocycles. The highest BCUT2D eigenvalue weighted by molar-refractivity contribution is 9.10. The number of nitrogens with zero attached hydrogens (tertiary/aromatic N) is 2. The van der Waals surface area contributed by atoms with Crippen molar-refractivity contribution in [1.29, 1.82) is 0 Å². The van der Waals surface area contributed by atoms with Crippen LogP contribution >= 0.6 is 15.9 Å². The van der Waals surface area contributed by atoms with Crippen LogP contribution in [-0.4, -0.2) is 43.4 Å². The van der Waals surface area contributed by atoms with E-state index in [2.05, 4.69) is 36.6 Å². The number of rotatable bonds is 9. The van der Waals surface area contributed by atoms with Crippen LogP contribution < -0.4 is 16.6 Å². The molecule has 0 saturated carbocycles. The first-order chi connectivity index (χ1) is 8.79. The Balaban J connectivity index is 2.23. The van der Waals surface area contributed by atoms with Crippen LogP contribution in [0.25, 0.3) is 0 Å². The first-order valence-corrected chi connectivity index (χ1v) is 6.36. The van der Waals surface area contributed by atoms with Crippen LogP contribution in [0.5, 0.6) is 0 Å². The molecule has 0 spiro atoms. The predicted octanol–water partition coefficient (Wildman–Crippen LogP) is 0.990. The number of ether oxygens (including phenoxy) is 2. The van der Waals surface area contributed by atoms with Crippen molar-refractivity contribution in [2.24, 2.45) is 5.84 Å². The van der Waals surface area contributed by atoms with Gasteiger partial charge in [-0.3, -0.25) is 0 Å². The maximum absolute atomic E-state index is 5.35. The van der Waals surface area contributed by atoms with E-state index >= 15 is 0 Å². The SMILES string of the molecule is COCCOCCCNc1ncnc(NN)c1Br. The molecule has 0 aliphatic carbocycles. The number of nitrogen functional groups attached to an aromatic ring is 1. The van der Waals surface area contributed by atoms with Crippen molar-refractivity contribution < 1.29 is 9.47 Å². The van der Waals surface area contributed by atoms with E-state index in [-0.39, 0.29) is 0 Å². The molecule has 0 atom stereocenters. The van der Waals surface area contributed by atoms with Crippen LogP contribution in [0.2, 0.25) is 0 Å². The maximum atomic E-state index is 5.35. The Bertz CT molecular complexity index is 353. The van der Waals surface area contributed by atoms with Crippen molar-refractivity contribution in [3.8, 4) is 0 Å². The molecule has 0 aliphatic heterocycles. The lowest BCUT2D eigenvalue weighted by Gasteiger charge is -2.09. The number of nitrogens with two attached hydrogens (primary N) is 1. The fourth-order valence-electron chi connectivity index (χ4n) is 1.22. The predicted molar refractivity (Wildman–Crippen MR) is 73.3 cm³/mol. The van der Waals surface area contributed by atoms with Crippen LogP contribution in [0.3, 0.4) is 0 Å². The molecule has 0 amide bonds. The van der Waals surface area contributed by atoms with E-state index in [0.717, 1.165) is 13.0 Å². The van der Waals surface area contributed by atoms with Crippen molar-refractivity contribution in [3.05, 3.63) is 10.8 Å². The Morgan fingerprint density at radius 2 is 2.06 bits per heavy atom. The quantitative estimate of drug-likeness (QED) is 0.355. The zero-order valence-electron chi connectivity index (χ0n) is 10.3. The summed E-state index contributed by atoms with van der Waals surface area (Å²) in [5.41, 5.74) is 2.48. The lowest BCUT2D eigenvalue weighted by molar-refractivity contribution is 0.0705. The van der Waals surface area contributed by atoms with E-state index in [0.29, 0.717) is 35.9 Å². The van der Waals surface area contributed by atoms with Crippen LogP contribution in [0, 0.1) is 0 Å². The molecule has 18 heavy (non-hydrogen) atoms. The van der Waals surface area contributed by atoms with Gasteiger partial charge in [-0.1, -0.05) is 0 Å². The zero-order chi connectivity index (χ0) is 13.2. The van der Waals surface area contributed by atoms with Crippen molar-refractivity contribution in [2.75, 3.05) is 44.2 Å². The molecule has 0 radical (unpaired) electrons. The van der Waals surface area contributed by atoms with Gasteiger partial charge in [0.05, 0.1) is 13.2 Å². The molecule has 7 nitrogen and oxygen atoms in total. The van der Waals surface area contributed by atoms with Crippen molar-refractivity contribution in [1.82, 2.24) is 9.97 Å². The van der Waals surface area contributed by atoms with Gasteiger partial charge in [0.1, 0.15) is 16.6 Å². The fourth-order valence-corrected chi connectivity index (χ4v) is 1.68. The Morgan fingerprint density at radius 1 is 1.28 bits per heavy atom. The number of hydrazine groups is 1. The zero-order valence-corrected chi connectivity index (χ0v) is 11.9. The van der Waals surface area contributed by atoms with Gasteiger partial charge in [0.2, 0.25) is 0 Å². The van der Waals surface area contributed by atoms with Crippen molar-refractivity contribution >= 4 is 27.6 Å². The summed E-state index contributed by atoms with van der Waals surface area (Å²) in [5, 5.41) is 3.17. The monoisotopic (exact) mass is 319 g/mol. The molecule has 0 bridgehead atoms. The minimum absolute atomic E-state index is 0.545. The van der Waals surface area contributed by atoms with Gasteiger partial charge in [0, 0.05) is 20.3 Å². The highest BCUT2D eigenvalue weighted by Crippen LogP contribution is 2.25. The highest BCUT2D eigenvalue weighted by atomic mass is 79.9. The molecule has 0 aliphatic rings. The Kier molecular flexibility index (Phi) is 7.58. The molecule has 102 valence electrons. The molecule has 8 heteroatoms. The Labute approximate surface area is 115 Å². The summed E-state index contributed by atoms with van der Waals surface area (Å²) < 4.78 is 10.9. The van der Waals surface area contributed by atoms with Crippen LogP contribution in [0.4, 0.5) is 11.6 Å². The minimum Gasteiger partial charge on any atom is -0.382 e. The summed E-state index contributed by atoms with van der Waals surface area (Å²) in [4.78, 5) is 8.07. The van der Waals surface area contributed by atoms with Gasteiger partial charge in [0.15, 0.2) is 5.82 Å². The number of aromatic nitrogens is 2. The number of methoxy groups -OCH3 is 1. The van der Waals surface area contributed by atoms with Crippen LogP contribution in [0.1, 0.15) is 6.42 Å². The fraction of sp³-hybridized carbons (Fsp3) is 0.600. The number of halogens is 1. The topological polar surface area (TPSA) is 94.3 Å². The summed E-state index contributed by atoms with van der Waals surface area (Å²) >= 11 is 3.37. The number of anilines is 2. The van der Waals surface area contributed by atoms with Crippen molar-refractivity contribution in [2.45, 2.75) is 6.42 Å². The number of nitrogens with one attached hydrogen (secondary N) is 2. The summed E-state index contributed by atoms with van der Waals surface area (Å²) in [5.74, 6) is 6.56. The van der Waals surface area contributed by atoms with Gasteiger partial charge in [-0.25, -0.2) is 15.8 Å². The molecule has 0 unspecified atom stereocenters. The standard InChI is InChI=1S/C10H18BrN5O2/c1-17-5-6-18-4-2-3-13-9-8(11)10(16-12)15-7-14-9/h7H,2-6,12H2,1H3,(H2,13,14,15,16). The van der Waals surface area contributed by atoms with E-state index < -0.39 is 0 Å². The van der Waals surface area contributed by atoms with E-state index in [9.17, 15) is 0 Å². The molecular weight excluding hydrogens is 302 g/mol. The van der Waals surface area contributed by atoms with E-state index in [4.69, 9.17) is 15.3 Å². The van der Waals surface area contributed by atoms with Gasteiger partial charge in [-0.2, -0.15) is 0 Å². The second kappa shape index (κ2) is 9.03. The van der Waals surface area contributed by atoms with Crippen LogP contribution in [0.15, 0.2) is 10.8 Å². The largest absolute Gasteiger partial charge is 0.382 e. The molecule has 0 fully saturated rings. The number of hydrogen-bond donors (Lipinski definition) is 3. The van der Waals surface area contributed by atoms with Gasteiger partial charge in [-0.15, -0.1) is 0 Å². The average Bonchev–Trinajstić information content (AvgIpc) is 2.39. The Hall–Kier alpha value is -0.960. The average molecular weight is 320 g/mol. The van der Waals surface area contributed by atoms with Gasteiger partial charge < -0.3 is 20.2 Å². The third-order valence-corrected chi connectivity index (χ3v) is 2.87. The van der Waals surface area contributed by atoms with Gasteiger partial charge in [0.25, 0.3) is 0 Å². The summed E-state index contributed by atoms with van der Waals surface area (Å²) in [6, 6.07) is 0. The minimum atomic E-state index is 0.545. The van der Waals surface area contributed by atoms with Gasteiger partial charge in [-0.05, 0) is 22.4 Å². The van der Waals surface area contributed by atoms with Crippen molar-refractivity contribution in [3.63, 3.8) is 0 Å².